The largest absolute Gasteiger partial charge is 0.378 e. The zero-order valence-electron chi connectivity index (χ0n) is 18.8. The lowest BCUT2D eigenvalue weighted by Gasteiger charge is -2.14. The third-order valence-corrected chi connectivity index (χ3v) is 8.53. The Labute approximate surface area is 180 Å². The summed E-state index contributed by atoms with van der Waals surface area (Å²) in [5.41, 5.74) is 3.60. The minimum Gasteiger partial charge on any atom is -0.378 e. The van der Waals surface area contributed by atoms with Crippen LogP contribution in [0.3, 0.4) is 0 Å². The van der Waals surface area contributed by atoms with E-state index in [1.807, 2.05) is 11.8 Å². The first-order valence-corrected chi connectivity index (χ1v) is 15.4. The highest BCUT2D eigenvalue weighted by atomic mass is 32.2. The molecule has 0 bridgehead atoms. The number of hydrogen-bond donors (Lipinski definition) is 0. The molecule has 1 nitrogen and oxygen atoms in total. The molecule has 28 heavy (non-hydrogen) atoms. The molecule has 1 rings (SSSR count). The van der Waals surface area contributed by atoms with Crippen LogP contribution in [-0.4, -0.2) is 32.3 Å². The topological polar surface area (TPSA) is 9.23 Å². The summed E-state index contributed by atoms with van der Waals surface area (Å²) in [7, 11) is -1.56. The van der Waals surface area contributed by atoms with Crippen molar-refractivity contribution >= 4 is 25.0 Å². The average molecular weight is 419 g/mol. The Morgan fingerprint density at radius 2 is 1.46 bits per heavy atom. The van der Waals surface area contributed by atoms with Gasteiger partial charge in [0.25, 0.3) is 0 Å². The van der Waals surface area contributed by atoms with Gasteiger partial charge in [0.05, 0.1) is 12.7 Å². The number of hydrogen-bond acceptors (Lipinski definition) is 2. The van der Waals surface area contributed by atoms with Crippen molar-refractivity contribution in [1.29, 1.82) is 0 Å². The molecule has 158 valence electrons. The van der Waals surface area contributed by atoms with Gasteiger partial charge in [0.15, 0.2) is 8.07 Å². The van der Waals surface area contributed by atoms with E-state index in [9.17, 15) is 0 Å². The number of rotatable bonds is 15. The van der Waals surface area contributed by atoms with Gasteiger partial charge in [-0.15, -0.1) is 11.5 Å². The van der Waals surface area contributed by atoms with Gasteiger partial charge in [-0.3, -0.25) is 0 Å². The van der Waals surface area contributed by atoms with E-state index in [1.54, 1.807) is 0 Å². The lowest BCUT2D eigenvalue weighted by molar-refractivity contribution is 0.0920. The van der Waals surface area contributed by atoms with Gasteiger partial charge in [0, 0.05) is 12.2 Å². The third-order valence-electron chi connectivity index (χ3n) is 4.92. The molecule has 0 amide bonds. The summed E-state index contributed by atoms with van der Waals surface area (Å²) in [6, 6.07) is 10.8. The zero-order chi connectivity index (χ0) is 20.5. The van der Waals surface area contributed by atoms with Gasteiger partial charge >= 0.3 is 0 Å². The quantitative estimate of drug-likeness (QED) is 0.176. The van der Waals surface area contributed by atoms with Crippen molar-refractivity contribution in [2.45, 2.75) is 90.8 Å². The molecule has 0 spiro atoms. The molecule has 3 heteroatoms. The third kappa shape index (κ3) is 13.5. The first-order valence-electron chi connectivity index (χ1n) is 11.3. The maximum absolute atomic E-state index is 5.56. The van der Waals surface area contributed by atoms with Crippen molar-refractivity contribution in [3.63, 3.8) is 0 Å². The van der Waals surface area contributed by atoms with Gasteiger partial charge < -0.3 is 4.74 Å². The molecule has 0 aliphatic carbocycles. The molecule has 0 N–H and O–H groups in total. The molecular formula is C25H42OSSi. The first kappa shape index (κ1) is 25.3. The second kappa shape index (κ2) is 16.1. The van der Waals surface area contributed by atoms with Crippen molar-refractivity contribution in [3.8, 4) is 11.5 Å². The van der Waals surface area contributed by atoms with Crippen LogP contribution in [0.1, 0.15) is 71.6 Å². The number of ether oxygens (including phenoxy) is 1. The van der Waals surface area contributed by atoms with Gasteiger partial charge in [-0.1, -0.05) is 82.0 Å². The summed E-state index contributed by atoms with van der Waals surface area (Å²) in [5.74, 6) is 5.91. The predicted molar refractivity (Wildman–Crippen MR) is 131 cm³/mol. The monoisotopic (exact) mass is 418 g/mol. The van der Waals surface area contributed by atoms with E-state index in [4.69, 9.17) is 4.74 Å². The van der Waals surface area contributed by atoms with Gasteiger partial charge in [0.2, 0.25) is 0 Å². The SMILES string of the molecule is CC(C)OCCSCCCCCCCCCCC#C[Si](C)(C)c1ccccc1. The zero-order valence-corrected chi connectivity index (χ0v) is 20.6. The van der Waals surface area contributed by atoms with Crippen molar-refractivity contribution in [1.82, 2.24) is 0 Å². The molecule has 0 aromatic heterocycles. The second-order valence-corrected chi connectivity index (χ2v) is 13.7. The van der Waals surface area contributed by atoms with Gasteiger partial charge in [-0.25, -0.2) is 0 Å². The Morgan fingerprint density at radius 1 is 0.857 bits per heavy atom. The Hall–Kier alpha value is -0.693. The van der Waals surface area contributed by atoms with Crippen molar-refractivity contribution in [2.75, 3.05) is 18.1 Å². The van der Waals surface area contributed by atoms with E-state index in [2.05, 4.69) is 68.7 Å². The summed E-state index contributed by atoms with van der Waals surface area (Å²) in [6.07, 6.45) is 12.4. The van der Waals surface area contributed by atoms with Crippen LogP contribution in [0.25, 0.3) is 0 Å². The molecule has 0 saturated heterocycles. The summed E-state index contributed by atoms with van der Waals surface area (Å²) in [6.45, 7) is 9.82. The molecule has 1 aromatic rings. The van der Waals surface area contributed by atoms with Crippen molar-refractivity contribution in [3.05, 3.63) is 30.3 Å². The van der Waals surface area contributed by atoms with E-state index in [-0.39, 0.29) is 0 Å². The van der Waals surface area contributed by atoms with Crippen LogP contribution in [0.5, 0.6) is 0 Å². The molecule has 0 aliphatic heterocycles. The molecule has 0 heterocycles. The minimum atomic E-state index is -1.56. The summed E-state index contributed by atoms with van der Waals surface area (Å²) >= 11 is 2.04. The lowest BCUT2D eigenvalue weighted by atomic mass is 10.1. The number of unbranched alkanes of at least 4 members (excludes halogenated alkanes) is 8. The second-order valence-electron chi connectivity index (χ2n) is 8.40. The van der Waals surface area contributed by atoms with Crippen LogP contribution in [0, 0.1) is 11.5 Å². The minimum absolute atomic E-state index is 0.371. The normalized spacial score (nSPS) is 11.5. The molecule has 0 unspecified atom stereocenters. The van der Waals surface area contributed by atoms with Gasteiger partial charge in [-0.05, 0) is 37.6 Å². The Balaban J connectivity index is 1.90. The van der Waals surface area contributed by atoms with E-state index < -0.39 is 8.07 Å². The molecule has 1 aromatic carbocycles. The van der Waals surface area contributed by atoms with Crippen LogP contribution in [-0.2, 0) is 4.74 Å². The van der Waals surface area contributed by atoms with Crippen LogP contribution in [0.15, 0.2) is 30.3 Å². The highest BCUT2D eigenvalue weighted by molar-refractivity contribution is 7.99. The van der Waals surface area contributed by atoms with Crippen LogP contribution in [0.4, 0.5) is 0 Å². The summed E-state index contributed by atoms with van der Waals surface area (Å²) in [5, 5.41) is 1.45. The maximum atomic E-state index is 5.56. The predicted octanol–water partition coefficient (Wildman–Crippen LogP) is 6.81. The first-order chi connectivity index (χ1) is 13.5. The fourth-order valence-corrected chi connectivity index (χ4v) is 5.70. The molecule has 0 atom stereocenters. The van der Waals surface area contributed by atoms with E-state index in [1.165, 1.54) is 62.3 Å². The van der Waals surface area contributed by atoms with E-state index in [0.29, 0.717) is 6.10 Å². The molecule has 0 radical (unpaired) electrons. The lowest BCUT2D eigenvalue weighted by Crippen LogP contribution is -2.39. The van der Waals surface area contributed by atoms with Crippen molar-refractivity contribution in [2.24, 2.45) is 0 Å². The maximum Gasteiger partial charge on any atom is 0.162 e. The molecule has 0 aliphatic rings. The van der Waals surface area contributed by atoms with Crippen LogP contribution >= 0.6 is 11.8 Å². The highest BCUT2D eigenvalue weighted by Crippen LogP contribution is 2.12. The highest BCUT2D eigenvalue weighted by Gasteiger charge is 2.19. The van der Waals surface area contributed by atoms with Gasteiger partial charge in [0.1, 0.15) is 0 Å². The fraction of sp³-hybridized carbons (Fsp3) is 0.680. The molecule has 0 saturated carbocycles. The van der Waals surface area contributed by atoms with Gasteiger partial charge in [-0.2, -0.15) is 11.8 Å². The Morgan fingerprint density at radius 3 is 2.11 bits per heavy atom. The fourth-order valence-electron chi connectivity index (χ4n) is 3.13. The van der Waals surface area contributed by atoms with Crippen molar-refractivity contribution < 1.29 is 4.74 Å². The molecule has 0 fully saturated rings. The summed E-state index contributed by atoms with van der Waals surface area (Å²) < 4.78 is 5.56. The number of benzene rings is 1. The number of thioether (sulfide) groups is 1. The van der Waals surface area contributed by atoms with Crippen LogP contribution < -0.4 is 5.19 Å². The average Bonchev–Trinajstić information content (AvgIpc) is 2.68. The standard InChI is InChI=1S/C25H42OSSi/c1-24(2)26-20-22-27-21-16-11-9-7-5-6-8-10-12-17-23-28(3,4)25-18-14-13-15-19-25/h13-15,18-19,24H,5-12,16,20-22H2,1-4H3. The Bertz CT molecular complexity index is 545. The van der Waals surface area contributed by atoms with E-state index in [0.717, 1.165) is 18.8 Å². The summed E-state index contributed by atoms with van der Waals surface area (Å²) in [4.78, 5) is 0. The van der Waals surface area contributed by atoms with Crippen LogP contribution in [0.2, 0.25) is 13.1 Å². The Kier molecular flexibility index (Phi) is 14.6. The molecular weight excluding hydrogens is 376 g/mol. The smallest absolute Gasteiger partial charge is 0.162 e. The van der Waals surface area contributed by atoms with E-state index >= 15 is 0 Å².